The van der Waals surface area contributed by atoms with E-state index in [0.29, 0.717) is 0 Å². The van der Waals surface area contributed by atoms with Crippen molar-refractivity contribution in [1.29, 1.82) is 0 Å². The molecular weight excluding hydrogens is 575 g/mol. The molecule has 0 spiro atoms. The SMILES string of the molecule is Cc1c2c(c(CC(C)(C)C)c3ccc(CC(C)(C)C)cc13)Sc1cc3c[c]([Ge]([CH3])([CH3])[CH3])ccc3c3cc[n+](C)c-2c13. The van der Waals surface area contributed by atoms with Gasteiger partial charge >= 0.3 is 223 Å². The van der Waals surface area contributed by atoms with E-state index in [2.05, 4.69) is 132 Å². The fourth-order valence-electron chi connectivity index (χ4n) is 6.79. The molecule has 0 bridgehead atoms. The number of benzene rings is 4. The molecule has 0 saturated carbocycles. The Hall–Kier alpha value is -2.30. The summed E-state index contributed by atoms with van der Waals surface area (Å²) in [4.78, 5) is 2.87. The zero-order valence-electron chi connectivity index (χ0n) is 27.0. The van der Waals surface area contributed by atoms with Gasteiger partial charge in [0.1, 0.15) is 0 Å². The molecule has 41 heavy (non-hydrogen) atoms. The van der Waals surface area contributed by atoms with Crippen molar-refractivity contribution in [2.24, 2.45) is 17.9 Å². The van der Waals surface area contributed by atoms with Gasteiger partial charge in [-0.3, -0.25) is 0 Å². The Balaban J connectivity index is 1.72. The van der Waals surface area contributed by atoms with E-state index < -0.39 is 13.3 Å². The molecule has 212 valence electrons. The quantitative estimate of drug-likeness (QED) is 0.108. The number of aromatic nitrogens is 1. The summed E-state index contributed by atoms with van der Waals surface area (Å²) < 4.78 is 3.96. The number of hydrogen-bond donors (Lipinski definition) is 0. The minimum atomic E-state index is -1.95. The van der Waals surface area contributed by atoms with E-state index in [-0.39, 0.29) is 10.8 Å². The van der Waals surface area contributed by atoms with Gasteiger partial charge in [-0.15, -0.1) is 0 Å². The van der Waals surface area contributed by atoms with Crippen LogP contribution in [0.5, 0.6) is 0 Å². The van der Waals surface area contributed by atoms with Crippen molar-refractivity contribution in [2.45, 2.75) is 88.4 Å². The molecule has 0 radical (unpaired) electrons. The first-order valence-corrected chi connectivity index (χ1v) is 23.3. The van der Waals surface area contributed by atoms with Crippen LogP contribution in [0.1, 0.15) is 58.2 Å². The molecular formula is C38H46GeNS+. The van der Waals surface area contributed by atoms with Crippen molar-refractivity contribution in [2.75, 3.05) is 0 Å². The van der Waals surface area contributed by atoms with Crippen molar-refractivity contribution >= 4 is 61.7 Å². The second-order valence-electron chi connectivity index (χ2n) is 15.9. The Kier molecular flexibility index (Phi) is 6.75. The molecule has 0 N–H and O–H groups in total. The zero-order valence-corrected chi connectivity index (χ0v) is 29.9. The van der Waals surface area contributed by atoms with E-state index in [1.54, 1.807) is 4.40 Å². The Labute approximate surface area is 254 Å². The molecule has 2 heterocycles. The van der Waals surface area contributed by atoms with Crippen LogP contribution in [0.3, 0.4) is 0 Å². The molecule has 0 saturated heterocycles. The van der Waals surface area contributed by atoms with Gasteiger partial charge in [0.25, 0.3) is 0 Å². The van der Waals surface area contributed by atoms with Gasteiger partial charge in [-0.2, -0.15) is 0 Å². The van der Waals surface area contributed by atoms with E-state index in [0.717, 1.165) is 12.8 Å². The average Bonchev–Trinajstić information content (AvgIpc) is 2.85. The van der Waals surface area contributed by atoms with Gasteiger partial charge in [-0.05, 0) is 11.8 Å². The molecule has 3 heteroatoms. The third kappa shape index (κ3) is 5.14. The van der Waals surface area contributed by atoms with Gasteiger partial charge in [0, 0.05) is 0 Å². The van der Waals surface area contributed by atoms with Gasteiger partial charge in [0.15, 0.2) is 0 Å². The van der Waals surface area contributed by atoms with E-state index in [4.69, 9.17) is 0 Å². The fourth-order valence-corrected chi connectivity index (χ4v) is 10.6. The fraction of sp³-hybridized carbons (Fsp3) is 0.395. The van der Waals surface area contributed by atoms with Crippen LogP contribution < -0.4 is 8.96 Å². The maximum absolute atomic E-state index is 2.51. The van der Waals surface area contributed by atoms with Crippen molar-refractivity contribution in [1.82, 2.24) is 0 Å². The van der Waals surface area contributed by atoms with Crippen LogP contribution in [-0.2, 0) is 19.9 Å². The molecule has 1 aliphatic rings. The zero-order chi connectivity index (χ0) is 29.6. The Morgan fingerprint density at radius 1 is 0.756 bits per heavy atom. The summed E-state index contributed by atoms with van der Waals surface area (Å²) in [6.45, 7) is 16.5. The third-order valence-corrected chi connectivity index (χ3v) is 14.1. The van der Waals surface area contributed by atoms with Crippen molar-refractivity contribution in [3.63, 3.8) is 0 Å². The second-order valence-corrected chi connectivity index (χ2v) is 27.6. The molecule has 6 rings (SSSR count). The average molecular weight is 621 g/mol. The molecule has 0 amide bonds. The molecule has 4 aromatic carbocycles. The monoisotopic (exact) mass is 622 g/mol. The summed E-state index contributed by atoms with van der Waals surface area (Å²) in [6.07, 6.45) is 4.43. The molecule has 0 fully saturated rings. The van der Waals surface area contributed by atoms with Gasteiger partial charge < -0.3 is 0 Å². The summed E-state index contributed by atoms with van der Waals surface area (Å²) in [5.74, 6) is 7.48. The number of fused-ring (bicyclic) bond motifs is 5. The molecule has 1 aromatic heterocycles. The summed E-state index contributed by atoms with van der Waals surface area (Å²) in [5.41, 5.74) is 7.63. The summed E-state index contributed by atoms with van der Waals surface area (Å²) in [7, 11) is 2.24. The number of rotatable bonds is 3. The first-order chi connectivity index (χ1) is 19.0. The van der Waals surface area contributed by atoms with E-state index in [1.165, 1.54) is 70.1 Å². The molecule has 5 aromatic rings. The van der Waals surface area contributed by atoms with Gasteiger partial charge in [-0.1, -0.05) is 20.8 Å². The predicted octanol–water partition coefficient (Wildman–Crippen LogP) is 10.1. The number of pyridine rings is 1. The van der Waals surface area contributed by atoms with Crippen LogP contribution in [0, 0.1) is 17.8 Å². The van der Waals surface area contributed by atoms with Gasteiger partial charge in [0.2, 0.25) is 0 Å². The standard InChI is InChI=1S/C38H46GeNS/c1-23-30-18-24(21-37(2,3)4)12-14-28(30)31(22-38(5,6)7)36-33(23)35-34-29(16-17-40(35)11)27-15-13-26(39(8,9)10)19-25(27)20-32(34)41-36/h12-20H,21-22H2,1-11H3/q+1. The summed E-state index contributed by atoms with van der Waals surface area (Å²) in [6, 6.07) is 19.5. The third-order valence-electron chi connectivity index (χ3n) is 8.64. The van der Waals surface area contributed by atoms with Crippen LogP contribution in [0.15, 0.2) is 64.5 Å². The van der Waals surface area contributed by atoms with Gasteiger partial charge in [-0.25, -0.2) is 0 Å². The van der Waals surface area contributed by atoms with Crippen LogP contribution in [-0.4, -0.2) is 13.3 Å². The maximum atomic E-state index is 2.51. The number of nitrogens with zero attached hydrogens (tertiary/aromatic N) is 1. The molecule has 1 nitrogen and oxygen atoms in total. The molecule has 0 unspecified atom stereocenters. The van der Waals surface area contributed by atoms with Gasteiger partial charge in [0.05, 0.1) is 0 Å². The second kappa shape index (κ2) is 9.61. The van der Waals surface area contributed by atoms with Crippen LogP contribution in [0.2, 0.25) is 17.3 Å². The molecule has 0 atom stereocenters. The first kappa shape index (κ1) is 28.8. The molecule has 1 aliphatic heterocycles. The summed E-state index contributed by atoms with van der Waals surface area (Å²) in [5, 5.41) is 8.43. The minimum absolute atomic E-state index is 0.187. The van der Waals surface area contributed by atoms with Crippen molar-refractivity contribution in [3.8, 4) is 11.3 Å². The number of hydrogen-bond acceptors (Lipinski definition) is 1. The number of aryl methyl sites for hydroxylation is 2. The predicted molar refractivity (Wildman–Crippen MR) is 184 cm³/mol. The van der Waals surface area contributed by atoms with Crippen molar-refractivity contribution in [3.05, 3.63) is 71.4 Å². The van der Waals surface area contributed by atoms with Crippen molar-refractivity contribution < 1.29 is 4.57 Å². The van der Waals surface area contributed by atoms with Crippen LogP contribution >= 0.6 is 11.8 Å². The van der Waals surface area contributed by atoms with E-state index >= 15 is 0 Å². The Bertz CT molecular complexity index is 1880. The first-order valence-electron chi connectivity index (χ1n) is 15.2. The Morgan fingerprint density at radius 3 is 2.10 bits per heavy atom. The van der Waals surface area contributed by atoms with E-state index in [9.17, 15) is 0 Å². The normalized spacial score (nSPS) is 13.8. The topological polar surface area (TPSA) is 3.88 Å². The van der Waals surface area contributed by atoms with E-state index in [1.807, 2.05) is 11.8 Å². The van der Waals surface area contributed by atoms with Crippen LogP contribution in [0.4, 0.5) is 0 Å². The molecule has 0 aliphatic carbocycles. The Morgan fingerprint density at radius 2 is 1.44 bits per heavy atom. The summed E-state index contributed by atoms with van der Waals surface area (Å²) >= 11 is 0.0734. The van der Waals surface area contributed by atoms with Crippen LogP contribution in [0.25, 0.3) is 43.6 Å².